The first-order valence-corrected chi connectivity index (χ1v) is 7.25. The summed E-state index contributed by atoms with van der Waals surface area (Å²) in [6, 6.07) is 0. The molecular formula is C9H23NOS. The normalized spacial score (nSPS) is 13.8. The van der Waals surface area contributed by atoms with Crippen LogP contribution < -0.4 is 5.73 Å². The average Bonchev–Trinajstić information content (AvgIpc) is 2.03. The van der Waals surface area contributed by atoms with E-state index in [-0.39, 0.29) is 0 Å². The summed E-state index contributed by atoms with van der Waals surface area (Å²) < 4.78 is 12.1. The second kappa shape index (κ2) is 5.70. The Kier molecular flexibility index (Phi) is 5.76. The van der Waals surface area contributed by atoms with Gasteiger partial charge in [0.05, 0.1) is 0 Å². The van der Waals surface area contributed by atoms with Crippen molar-refractivity contribution in [3.05, 3.63) is 0 Å². The Morgan fingerprint density at radius 2 is 1.83 bits per heavy atom. The first-order valence-electron chi connectivity index (χ1n) is 4.84. The molecular weight excluding hydrogens is 170 g/mol. The Hall–Kier alpha value is 0.110. The molecule has 0 unspecified atom stereocenters. The number of nitrogens with two attached hydrogens (primary N) is 1. The van der Waals surface area contributed by atoms with E-state index in [0.717, 1.165) is 25.0 Å². The predicted octanol–water partition coefficient (Wildman–Crippen LogP) is 1.17. The van der Waals surface area contributed by atoms with Gasteiger partial charge in [0.15, 0.2) is 0 Å². The first-order chi connectivity index (χ1) is 5.58. The Balaban J connectivity index is 4.06. The van der Waals surface area contributed by atoms with Crippen molar-refractivity contribution in [1.29, 1.82) is 0 Å². The van der Waals surface area contributed by atoms with Crippen LogP contribution in [0.3, 0.4) is 0 Å². The lowest BCUT2D eigenvalue weighted by molar-refractivity contribution is 0.644. The summed E-state index contributed by atoms with van der Waals surface area (Å²) in [6.45, 7) is 4.90. The van der Waals surface area contributed by atoms with Gasteiger partial charge < -0.3 is 5.73 Å². The maximum absolute atomic E-state index is 12.1. The number of rotatable bonds is 6. The summed E-state index contributed by atoms with van der Waals surface area (Å²) in [6.07, 6.45) is 4.91. The highest BCUT2D eigenvalue weighted by Gasteiger charge is 2.18. The number of hydrogen-bond acceptors (Lipinski definition) is 2. The molecule has 0 radical (unpaired) electrons. The average molecular weight is 193 g/mol. The maximum Gasteiger partial charge on any atom is 0.0119 e. The van der Waals surface area contributed by atoms with Gasteiger partial charge in [-0.15, -0.1) is 9.93 Å². The van der Waals surface area contributed by atoms with E-state index in [1.54, 1.807) is 0 Å². The van der Waals surface area contributed by atoms with Gasteiger partial charge in [-0.2, -0.15) is 0 Å². The van der Waals surface area contributed by atoms with Crippen LogP contribution in [0.4, 0.5) is 0 Å². The minimum absolute atomic E-state index is 0.420. The molecule has 0 aromatic heterocycles. The zero-order valence-corrected chi connectivity index (χ0v) is 9.44. The Morgan fingerprint density at radius 1 is 1.33 bits per heavy atom. The molecule has 0 aromatic carbocycles. The fourth-order valence-corrected chi connectivity index (χ4v) is 4.37. The summed E-state index contributed by atoms with van der Waals surface area (Å²) in [5, 5.41) is 0.420. The Morgan fingerprint density at radius 3 is 2.17 bits per heavy atom. The highest BCUT2D eigenvalue weighted by molar-refractivity contribution is 8.02. The SMILES string of the molecule is CCC(CC)[SH](C)(=O)CCCN. The van der Waals surface area contributed by atoms with Gasteiger partial charge in [-0.25, -0.2) is 0 Å². The summed E-state index contributed by atoms with van der Waals surface area (Å²) in [5.41, 5.74) is 5.40. The van der Waals surface area contributed by atoms with Gasteiger partial charge in [0.25, 0.3) is 0 Å². The van der Waals surface area contributed by atoms with E-state index in [1.165, 1.54) is 0 Å². The molecule has 0 aliphatic rings. The van der Waals surface area contributed by atoms with E-state index < -0.39 is 9.93 Å². The van der Waals surface area contributed by atoms with Crippen LogP contribution in [0.2, 0.25) is 0 Å². The Bertz CT molecular complexity index is 155. The largest absolute Gasteiger partial charge is 0.330 e. The van der Waals surface area contributed by atoms with Crippen LogP contribution in [0, 0.1) is 0 Å². The predicted molar refractivity (Wildman–Crippen MR) is 58.4 cm³/mol. The van der Waals surface area contributed by atoms with Gasteiger partial charge in [-0.05, 0) is 32.1 Å². The monoisotopic (exact) mass is 193 g/mol. The van der Waals surface area contributed by atoms with Crippen LogP contribution in [-0.4, -0.2) is 28.0 Å². The van der Waals surface area contributed by atoms with Crippen molar-refractivity contribution in [2.24, 2.45) is 5.73 Å². The van der Waals surface area contributed by atoms with E-state index >= 15 is 0 Å². The molecule has 0 saturated heterocycles. The molecule has 0 heterocycles. The van der Waals surface area contributed by atoms with Gasteiger partial charge >= 0.3 is 0 Å². The van der Waals surface area contributed by atoms with Crippen molar-refractivity contribution in [3.63, 3.8) is 0 Å². The second-order valence-corrected chi connectivity index (χ2v) is 7.04. The van der Waals surface area contributed by atoms with E-state index in [4.69, 9.17) is 5.73 Å². The topological polar surface area (TPSA) is 43.1 Å². The molecule has 0 rings (SSSR count). The summed E-state index contributed by atoms with van der Waals surface area (Å²) in [4.78, 5) is 0. The molecule has 76 valence electrons. The third-order valence-corrected chi connectivity index (χ3v) is 6.00. The summed E-state index contributed by atoms with van der Waals surface area (Å²) in [7, 11) is -1.90. The molecule has 0 fully saturated rings. The second-order valence-electron chi connectivity index (χ2n) is 3.51. The van der Waals surface area contributed by atoms with Crippen molar-refractivity contribution in [1.82, 2.24) is 0 Å². The minimum atomic E-state index is -1.90. The zero-order chi connectivity index (χ0) is 9.61. The lowest BCUT2D eigenvalue weighted by Gasteiger charge is -2.27. The first kappa shape index (κ1) is 12.1. The number of thiol groups is 1. The molecule has 0 saturated carbocycles. The van der Waals surface area contributed by atoms with E-state index in [2.05, 4.69) is 13.8 Å². The highest BCUT2D eigenvalue weighted by Crippen LogP contribution is 2.17. The summed E-state index contributed by atoms with van der Waals surface area (Å²) in [5.74, 6) is 0.829. The maximum atomic E-state index is 12.1. The smallest absolute Gasteiger partial charge is 0.0119 e. The quantitative estimate of drug-likeness (QED) is 0.622. The number of hydrogen-bond donors (Lipinski definition) is 2. The van der Waals surface area contributed by atoms with Crippen LogP contribution in [0.25, 0.3) is 0 Å². The van der Waals surface area contributed by atoms with Gasteiger partial charge in [0.1, 0.15) is 0 Å². The Labute approximate surface area is 77.3 Å². The van der Waals surface area contributed by atoms with Gasteiger partial charge in [0.2, 0.25) is 0 Å². The van der Waals surface area contributed by atoms with E-state index in [1.807, 2.05) is 6.26 Å². The van der Waals surface area contributed by atoms with Crippen molar-refractivity contribution in [3.8, 4) is 0 Å². The minimum Gasteiger partial charge on any atom is -0.330 e. The van der Waals surface area contributed by atoms with Crippen molar-refractivity contribution < 1.29 is 4.21 Å². The molecule has 0 atom stereocenters. The highest BCUT2D eigenvalue weighted by atomic mass is 32.2. The van der Waals surface area contributed by atoms with E-state index in [0.29, 0.717) is 11.8 Å². The third kappa shape index (κ3) is 3.68. The van der Waals surface area contributed by atoms with Gasteiger partial charge in [0, 0.05) is 11.0 Å². The molecule has 0 aliphatic carbocycles. The zero-order valence-electron chi connectivity index (χ0n) is 8.55. The van der Waals surface area contributed by atoms with Crippen LogP contribution in [0.1, 0.15) is 33.1 Å². The van der Waals surface area contributed by atoms with Crippen LogP contribution in [0.15, 0.2) is 0 Å². The van der Waals surface area contributed by atoms with Crippen LogP contribution in [0.5, 0.6) is 0 Å². The lowest BCUT2D eigenvalue weighted by Crippen LogP contribution is -2.30. The van der Waals surface area contributed by atoms with Gasteiger partial charge in [-0.3, -0.25) is 4.21 Å². The molecule has 0 aliphatic heterocycles. The van der Waals surface area contributed by atoms with Gasteiger partial charge in [-0.1, -0.05) is 13.8 Å². The fraction of sp³-hybridized carbons (Fsp3) is 1.00. The van der Waals surface area contributed by atoms with Crippen molar-refractivity contribution in [2.75, 3.05) is 18.6 Å². The molecule has 3 heteroatoms. The molecule has 0 amide bonds. The molecule has 0 spiro atoms. The lowest BCUT2D eigenvalue weighted by atomic mass is 10.3. The molecule has 12 heavy (non-hydrogen) atoms. The van der Waals surface area contributed by atoms with Crippen LogP contribution >= 0.6 is 0 Å². The molecule has 0 aromatic rings. The standard InChI is InChI=1S/C9H23NOS/c1-4-9(5-2)12(3,11)8-6-7-10/h9,12H,4-8,10H2,1-3H3. The summed E-state index contributed by atoms with van der Waals surface area (Å²) >= 11 is 0. The van der Waals surface area contributed by atoms with Crippen molar-refractivity contribution >= 4 is 9.93 Å². The fourth-order valence-electron chi connectivity index (χ4n) is 1.65. The van der Waals surface area contributed by atoms with E-state index in [9.17, 15) is 4.21 Å². The van der Waals surface area contributed by atoms with Crippen LogP contribution in [-0.2, 0) is 9.93 Å². The van der Waals surface area contributed by atoms with Crippen molar-refractivity contribution in [2.45, 2.75) is 38.4 Å². The molecule has 2 nitrogen and oxygen atoms in total. The molecule has 0 bridgehead atoms. The molecule has 2 N–H and O–H groups in total. The third-order valence-electron chi connectivity index (χ3n) is 2.52.